The molecule has 1 aliphatic heterocycles. The fourth-order valence-electron chi connectivity index (χ4n) is 2.33. The van der Waals surface area contributed by atoms with Crippen LogP contribution in [-0.4, -0.2) is 12.6 Å². The molecule has 2 unspecified atom stereocenters. The van der Waals surface area contributed by atoms with Gasteiger partial charge in [-0.1, -0.05) is 28.9 Å². The number of nitrogens with one attached hydrogen (secondary N) is 1. The minimum atomic E-state index is -0.102. The number of piperidine rings is 1. The number of rotatable bonds is 2. The lowest BCUT2D eigenvalue weighted by molar-refractivity contribution is 0.316. The summed E-state index contributed by atoms with van der Waals surface area (Å²) in [6, 6.07) is 5.76. The molecule has 1 heterocycles. The second kappa shape index (κ2) is 5.28. The van der Waals surface area contributed by atoms with Gasteiger partial charge in [-0.2, -0.15) is 0 Å². The van der Waals surface area contributed by atoms with Crippen molar-refractivity contribution in [2.24, 2.45) is 5.92 Å². The van der Waals surface area contributed by atoms with Crippen molar-refractivity contribution in [1.82, 2.24) is 5.32 Å². The summed E-state index contributed by atoms with van der Waals surface area (Å²) in [5.41, 5.74) is 0.815. The molecule has 1 aromatic rings. The summed E-state index contributed by atoms with van der Waals surface area (Å²) < 4.78 is 14.4. The molecule has 1 aromatic carbocycles. The zero-order valence-electron chi connectivity index (χ0n) is 9.47. The average molecular weight is 286 g/mol. The van der Waals surface area contributed by atoms with E-state index in [0.717, 1.165) is 35.3 Å². The molecule has 0 aliphatic carbocycles. The summed E-state index contributed by atoms with van der Waals surface area (Å²) in [5, 5.41) is 3.46. The molecule has 3 heteroatoms. The quantitative estimate of drug-likeness (QED) is 0.877. The van der Waals surface area contributed by atoms with Crippen molar-refractivity contribution in [3.8, 4) is 0 Å². The van der Waals surface area contributed by atoms with Crippen molar-refractivity contribution >= 4 is 15.9 Å². The Hall–Kier alpha value is -0.410. The standard InChI is InChI=1S/C13H17BrFN/c1-9-4-5-16-12(6-9)7-10-2-3-11(14)8-13(10)15/h2-3,8-9,12,16H,4-7H2,1H3. The van der Waals surface area contributed by atoms with E-state index >= 15 is 0 Å². The van der Waals surface area contributed by atoms with Gasteiger partial charge in [-0.25, -0.2) is 4.39 Å². The molecule has 1 N–H and O–H groups in total. The molecule has 0 spiro atoms. The van der Waals surface area contributed by atoms with Gasteiger partial charge in [0, 0.05) is 10.5 Å². The number of hydrogen-bond acceptors (Lipinski definition) is 1. The normalized spacial score (nSPS) is 25.7. The SMILES string of the molecule is CC1CCNC(Cc2ccc(Br)cc2F)C1. The third-order valence-electron chi connectivity index (χ3n) is 3.24. The Kier molecular flexibility index (Phi) is 3.98. The summed E-state index contributed by atoms with van der Waals surface area (Å²) in [6.45, 7) is 3.33. The maximum absolute atomic E-state index is 13.6. The van der Waals surface area contributed by atoms with E-state index in [2.05, 4.69) is 28.2 Å². The van der Waals surface area contributed by atoms with Crippen LogP contribution in [0.25, 0.3) is 0 Å². The van der Waals surface area contributed by atoms with E-state index in [9.17, 15) is 4.39 Å². The highest BCUT2D eigenvalue weighted by atomic mass is 79.9. The van der Waals surface area contributed by atoms with Crippen LogP contribution in [0.4, 0.5) is 4.39 Å². The molecule has 0 radical (unpaired) electrons. The lowest BCUT2D eigenvalue weighted by Crippen LogP contribution is -2.38. The molecule has 0 bridgehead atoms. The first-order chi connectivity index (χ1) is 7.65. The van der Waals surface area contributed by atoms with Crippen LogP contribution < -0.4 is 5.32 Å². The van der Waals surface area contributed by atoms with Gasteiger partial charge in [0.15, 0.2) is 0 Å². The molecule has 2 rings (SSSR count). The van der Waals surface area contributed by atoms with Crippen LogP contribution in [0.3, 0.4) is 0 Å². The van der Waals surface area contributed by atoms with E-state index in [1.165, 1.54) is 6.42 Å². The zero-order valence-corrected chi connectivity index (χ0v) is 11.1. The van der Waals surface area contributed by atoms with Crippen molar-refractivity contribution in [2.45, 2.75) is 32.2 Å². The van der Waals surface area contributed by atoms with Crippen molar-refractivity contribution in [3.05, 3.63) is 34.1 Å². The van der Waals surface area contributed by atoms with Crippen molar-refractivity contribution in [1.29, 1.82) is 0 Å². The van der Waals surface area contributed by atoms with E-state index in [4.69, 9.17) is 0 Å². The maximum Gasteiger partial charge on any atom is 0.127 e. The van der Waals surface area contributed by atoms with Gasteiger partial charge in [0.05, 0.1) is 0 Å². The van der Waals surface area contributed by atoms with E-state index in [1.54, 1.807) is 6.07 Å². The first-order valence-corrected chi connectivity index (χ1v) is 6.62. The van der Waals surface area contributed by atoms with Crippen LogP contribution in [0.15, 0.2) is 22.7 Å². The van der Waals surface area contributed by atoms with Gasteiger partial charge in [0.2, 0.25) is 0 Å². The molecule has 2 atom stereocenters. The monoisotopic (exact) mass is 285 g/mol. The predicted molar refractivity (Wildman–Crippen MR) is 68.0 cm³/mol. The lowest BCUT2D eigenvalue weighted by Gasteiger charge is -2.28. The Morgan fingerprint density at radius 3 is 3.00 bits per heavy atom. The third-order valence-corrected chi connectivity index (χ3v) is 3.73. The van der Waals surface area contributed by atoms with Gasteiger partial charge in [0.1, 0.15) is 5.82 Å². The van der Waals surface area contributed by atoms with Crippen molar-refractivity contribution < 1.29 is 4.39 Å². The van der Waals surface area contributed by atoms with Crippen molar-refractivity contribution in [3.63, 3.8) is 0 Å². The van der Waals surface area contributed by atoms with E-state index < -0.39 is 0 Å². The lowest BCUT2D eigenvalue weighted by atomic mass is 9.90. The van der Waals surface area contributed by atoms with Crippen molar-refractivity contribution in [2.75, 3.05) is 6.54 Å². The van der Waals surface area contributed by atoms with E-state index in [-0.39, 0.29) is 5.82 Å². The molecular formula is C13H17BrFN. The Labute approximate surface area is 105 Å². The number of halogens is 2. The molecule has 1 aliphatic rings. The second-order valence-corrected chi connectivity index (χ2v) is 5.64. The van der Waals surface area contributed by atoms with Gasteiger partial charge < -0.3 is 5.32 Å². The topological polar surface area (TPSA) is 12.0 Å². The Balaban J connectivity index is 2.02. The fourth-order valence-corrected chi connectivity index (χ4v) is 2.66. The zero-order chi connectivity index (χ0) is 11.5. The van der Waals surface area contributed by atoms with Gasteiger partial charge >= 0.3 is 0 Å². The molecule has 0 amide bonds. The first-order valence-electron chi connectivity index (χ1n) is 5.82. The van der Waals surface area contributed by atoms with E-state index in [0.29, 0.717) is 6.04 Å². The largest absolute Gasteiger partial charge is 0.314 e. The molecule has 1 saturated heterocycles. The first kappa shape index (κ1) is 12.1. The van der Waals surface area contributed by atoms with Crippen LogP contribution in [-0.2, 0) is 6.42 Å². The minimum Gasteiger partial charge on any atom is -0.314 e. The predicted octanol–water partition coefficient (Wildman–Crippen LogP) is 3.52. The Morgan fingerprint density at radius 1 is 1.50 bits per heavy atom. The molecular weight excluding hydrogens is 269 g/mol. The van der Waals surface area contributed by atoms with Gasteiger partial charge in [-0.15, -0.1) is 0 Å². The number of hydrogen-bond donors (Lipinski definition) is 1. The smallest absolute Gasteiger partial charge is 0.127 e. The van der Waals surface area contributed by atoms with Crippen LogP contribution in [0.5, 0.6) is 0 Å². The molecule has 0 saturated carbocycles. The summed E-state index contributed by atoms with van der Waals surface area (Å²) in [7, 11) is 0. The van der Waals surface area contributed by atoms with Gasteiger partial charge in [0.25, 0.3) is 0 Å². The molecule has 88 valence electrons. The number of benzene rings is 1. The summed E-state index contributed by atoms with van der Waals surface area (Å²) in [5.74, 6) is 0.652. The Bertz CT molecular complexity index is 367. The molecule has 16 heavy (non-hydrogen) atoms. The Morgan fingerprint density at radius 2 is 2.31 bits per heavy atom. The fraction of sp³-hybridized carbons (Fsp3) is 0.538. The van der Waals surface area contributed by atoms with Crippen LogP contribution >= 0.6 is 15.9 Å². The van der Waals surface area contributed by atoms with E-state index in [1.807, 2.05) is 12.1 Å². The highest BCUT2D eigenvalue weighted by Crippen LogP contribution is 2.21. The molecule has 1 nitrogen and oxygen atoms in total. The maximum atomic E-state index is 13.6. The van der Waals surface area contributed by atoms with Gasteiger partial charge in [-0.3, -0.25) is 0 Å². The van der Waals surface area contributed by atoms with Gasteiger partial charge in [-0.05, 0) is 49.4 Å². The minimum absolute atomic E-state index is 0.102. The molecule has 1 fully saturated rings. The molecule has 0 aromatic heterocycles. The summed E-state index contributed by atoms with van der Waals surface area (Å²) >= 11 is 3.28. The second-order valence-electron chi connectivity index (χ2n) is 4.72. The average Bonchev–Trinajstić information content (AvgIpc) is 2.22. The summed E-state index contributed by atoms with van der Waals surface area (Å²) in [4.78, 5) is 0. The summed E-state index contributed by atoms with van der Waals surface area (Å²) in [6.07, 6.45) is 3.18. The van der Waals surface area contributed by atoms with Crippen LogP contribution in [0.2, 0.25) is 0 Å². The highest BCUT2D eigenvalue weighted by molar-refractivity contribution is 9.10. The highest BCUT2D eigenvalue weighted by Gasteiger charge is 2.19. The van der Waals surface area contributed by atoms with Crippen LogP contribution in [0, 0.1) is 11.7 Å². The van der Waals surface area contributed by atoms with Crippen LogP contribution in [0.1, 0.15) is 25.3 Å². The third kappa shape index (κ3) is 3.05.